The lowest BCUT2D eigenvalue weighted by atomic mass is 10.1. The van der Waals surface area contributed by atoms with E-state index in [1.165, 1.54) is 0 Å². The molecule has 4 heteroatoms. The molecule has 0 rings (SSSR count). The van der Waals surface area contributed by atoms with E-state index in [1.807, 2.05) is 0 Å². The van der Waals surface area contributed by atoms with Crippen molar-refractivity contribution in [1.29, 1.82) is 0 Å². The summed E-state index contributed by atoms with van der Waals surface area (Å²) < 4.78 is 0. The molecule has 0 aliphatic heterocycles. The van der Waals surface area contributed by atoms with Gasteiger partial charge in [0.15, 0.2) is 5.81 Å². The first-order chi connectivity index (χ1) is 4.20. The minimum atomic E-state index is -0.658. The van der Waals surface area contributed by atoms with E-state index in [1.54, 1.807) is 6.92 Å². The van der Waals surface area contributed by atoms with Gasteiger partial charge in [-0.3, -0.25) is 4.79 Å². The Morgan fingerprint density at radius 3 is 2.56 bits per heavy atom. The van der Waals surface area contributed by atoms with E-state index in [2.05, 4.69) is 5.32 Å². The number of aldehydes is 1. The van der Waals surface area contributed by atoms with Gasteiger partial charge in [0.05, 0.1) is 6.04 Å². The van der Waals surface area contributed by atoms with E-state index < -0.39 is 11.8 Å². The fourth-order valence-corrected chi connectivity index (χ4v) is 0.415. The van der Waals surface area contributed by atoms with Gasteiger partial charge in [0, 0.05) is 0 Å². The number of rotatable bonds is 3. The zero-order valence-electron chi connectivity index (χ0n) is 5.26. The van der Waals surface area contributed by atoms with Crippen molar-refractivity contribution in [1.82, 2.24) is 5.32 Å². The Kier molecular flexibility index (Phi) is 3.76. The molecular formula is C5H8BNO2. The van der Waals surface area contributed by atoms with Crippen LogP contribution in [0.2, 0.25) is 0 Å². The van der Waals surface area contributed by atoms with Crippen molar-refractivity contribution in [2.24, 2.45) is 0 Å². The topological polar surface area (TPSA) is 46.2 Å². The monoisotopic (exact) mass is 125 g/mol. The molecule has 3 nitrogen and oxygen atoms in total. The van der Waals surface area contributed by atoms with Gasteiger partial charge in [-0.1, -0.05) is 6.92 Å². The van der Waals surface area contributed by atoms with Crippen molar-refractivity contribution in [2.75, 3.05) is 0 Å². The van der Waals surface area contributed by atoms with Gasteiger partial charge < -0.3 is 10.1 Å². The van der Waals surface area contributed by atoms with E-state index >= 15 is 0 Å². The van der Waals surface area contributed by atoms with Crippen LogP contribution >= 0.6 is 0 Å². The second kappa shape index (κ2) is 4.12. The standard InChI is InChI=1S/C5H8BNO2/c1-2-4(3-8)7-5(6)9/h3-4H,2H2,1H3,(H,7,9)/t4-/m0/s1. The van der Waals surface area contributed by atoms with Crippen LogP contribution in [0.4, 0.5) is 4.79 Å². The largest absolute Gasteiger partial charge is 0.356 e. The van der Waals surface area contributed by atoms with Crippen LogP contribution in [0.1, 0.15) is 13.3 Å². The third kappa shape index (κ3) is 3.76. The minimum absolute atomic E-state index is 0.428. The van der Waals surface area contributed by atoms with Crippen LogP contribution in [0, 0.1) is 0 Å². The Bertz CT molecular complexity index is 116. The molecule has 0 aliphatic carbocycles. The third-order valence-electron chi connectivity index (χ3n) is 0.932. The summed E-state index contributed by atoms with van der Waals surface area (Å²) >= 11 is 0. The first-order valence-corrected chi connectivity index (χ1v) is 2.72. The highest BCUT2D eigenvalue weighted by molar-refractivity contribution is 6.57. The molecule has 0 unspecified atom stereocenters. The highest BCUT2D eigenvalue weighted by atomic mass is 16.1. The number of hydrogen-bond acceptors (Lipinski definition) is 2. The summed E-state index contributed by atoms with van der Waals surface area (Å²) in [6.07, 6.45) is 1.23. The van der Waals surface area contributed by atoms with Crippen LogP contribution in [0.25, 0.3) is 0 Å². The average molecular weight is 125 g/mol. The van der Waals surface area contributed by atoms with E-state index in [0.29, 0.717) is 12.7 Å². The zero-order valence-corrected chi connectivity index (χ0v) is 5.26. The molecule has 0 heterocycles. The summed E-state index contributed by atoms with van der Waals surface area (Å²) in [7, 11) is 4.74. The second-order valence-corrected chi connectivity index (χ2v) is 1.66. The van der Waals surface area contributed by atoms with Crippen molar-refractivity contribution < 1.29 is 9.59 Å². The first kappa shape index (κ1) is 8.20. The smallest absolute Gasteiger partial charge is 0.200 e. The number of carbonyl (C=O) groups excluding carboxylic acids is 2. The van der Waals surface area contributed by atoms with Crippen LogP contribution in [0.5, 0.6) is 0 Å². The fourth-order valence-electron chi connectivity index (χ4n) is 0.415. The van der Waals surface area contributed by atoms with Crippen molar-refractivity contribution in [3.05, 3.63) is 0 Å². The van der Waals surface area contributed by atoms with Gasteiger partial charge in [-0.2, -0.15) is 0 Å². The molecule has 0 aliphatic rings. The summed E-state index contributed by atoms with van der Waals surface area (Å²) in [6, 6.07) is -0.428. The van der Waals surface area contributed by atoms with Crippen LogP contribution in [-0.4, -0.2) is 26.0 Å². The molecule has 1 atom stereocenters. The molecule has 0 fully saturated rings. The van der Waals surface area contributed by atoms with Gasteiger partial charge in [-0.05, 0) is 6.42 Å². The second-order valence-electron chi connectivity index (χ2n) is 1.66. The Labute approximate surface area is 55.2 Å². The predicted molar refractivity (Wildman–Crippen MR) is 34.4 cm³/mol. The van der Waals surface area contributed by atoms with Crippen LogP contribution < -0.4 is 5.32 Å². The lowest BCUT2D eigenvalue weighted by Gasteiger charge is -2.06. The van der Waals surface area contributed by atoms with Crippen molar-refractivity contribution in [3.8, 4) is 0 Å². The highest BCUT2D eigenvalue weighted by Gasteiger charge is 2.02. The van der Waals surface area contributed by atoms with Gasteiger partial charge in [-0.15, -0.1) is 0 Å². The first-order valence-electron chi connectivity index (χ1n) is 2.72. The number of amides is 1. The molecule has 0 spiro atoms. The Morgan fingerprint density at radius 2 is 2.44 bits per heavy atom. The maximum atomic E-state index is 10.1. The molecule has 48 valence electrons. The van der Waals surface area contributed by atoms with E-state index in [4.69, 9.17) is 7.85 Å². The molecule has 9 heavy (non-hydrogen) atoms. The Hall–Kier alpha value is -0.795. The van der Waals surface area contributed by atoms with E-state index in [-0.39, 0.29) is 0 Å². The minimum Gasteiger partial charge on any atom is -0.356 e. The molecule has 0 aromatic carbocycles. The molecule has 2 radical (unpaired) electrons. The van der Waals surface area contributed by atoms with Crippen molar-refractivity contribution in [2.45, 2.75) is 19.4 Å². The summed E-state index contributed by atoms with van der Waals surface area (Å²) in [6.45, 7) is 1.79. The summed E-state index contributed by atoms with van der Waals surface area (Å²) in [5.41, 5.74) is 0. The van der Waals surface area contributed by atoms with Gasteiger partial charge >= 0.3 is 0 Å². The summed E-state index contributed by atoms with van der Waals surface area (Å²) in [4.78, 5) is 20.1. The van der Waals surface area contributed by atoms with Gasteiger partial charge in [0.25, 0.3) is 0 Å². The SMILES string of the molecule is [B]C(=O)N[C@H](C=O)CC. The zero-order chi connectivity index (χ0) is 7.28. The van der Waals surface area contributed by atoms with E-state index in [0.717, 1.165) is 0 Å². The fraction of sp³-hybridized carbons (Fsp3) is 0.600. The third-order valence-corrected chi connectivity index (χ3v) is 0.932. The Balaban J connectivity index is 3.55. The molecule has 0 aromatic heterocycles. The molecule has 0 saturated carbocycles. The van der Waals surface area contributed by atoms with Crippen LogP contribution in [0.3, 0.4) is 0 Å². The van der Waals surface area contributed by atoms with Gasteiger partial charge in [0.1, 0.15) is 6.29 Å². The highest BCUT2D eigenvalue weighted by Crippen LogP contribution is 1.83. The van der Waals surface area contributed by atoms with Gasteiger partial charge in [-0.25, -0.2) is 0 Å². The summed E-state index contributed by atoms with van der Waals surface area (Å²) in [5, 5.41) is 2.25. The number of hydrogen-bond donors (Lipinski definition) is 1. The molecular weight excluding hydrogens is 117 g/mol. The van der Waals surface area contributed by atoms with Gasteiger partial charge in [0.2, 0.25) is 7.85 Å². The Morgan fingerprint density at radius 1 is 1.89 bits per heavy atom. The predicted octanol–water partition coefficient (Wildman–Crippen LogP) is -0.158. The molecule has 0 aromatic rings. The molecule has 1 amide bonds. The molecule has 0 saturated heterocycles. The average Bonchev–Trinajstić information content (AvgIpc) is 1.82. The normalized spacial score (nSPS) is 12.1. The molecule has 1 N–H and O–H groups in total. The molecule has 0 bridgehead atoms. The lowest BCUT2D eigenvalue weighted by Crippen LogP contribution is -2.34. The quantitative estimate of drug-likeness (QED) is 0.420. The van der Waals surface area contributed by atoms with E-state index in [9.17, 15) is 9.59 Å². The van der Waals surface area contributed by atoms with Crippen LogP contribution in [0.15, 0.2) is 0 Å². The van der Waals surface area contributed by atoms with Crippen LogP contribution in [-0.2, 0) is 4.79 Å². The number of carbonyl (C=O) groups is 2. The maximum absolute atomic E-state index is 10.1. The van der Waals surface area contributed by atoms with Crippen molar-refractivity contribution in [3.63, 3.8) is 0 Å². The number of nitrogens with one attached hydrogen (secondary N) is 1. The van der Waals surface area contributed by atoms with Crippen molar-refractivity contribution >= 4 is 19.9 Å². The summed E-state index contributed by atoms with van der Waals surface area (Å²) in [5.74, 6) is -0.658. The lowest BCUT2D eigenvalue weighted by molar-refractivity contribution is -0.109. The maximum Gasteiger partial charge on any atom is 0.200 e.